The number of sulfonamides is 1. The molecule has 0 unspecified atom stereocenters. The molecule has 0 aliphatic carbocycles. The Morgan fingerprint density at radius 3 is 2.26 bits per heavy atom. The van der Waals surface area contributed by atoms with Crippen molar-refractivity contribution in [1.82, 2.24) is 10.2 Å². The van der Waals surface area contributed by atoms with Gasteiger partial charge in [-0.25, -0.2) is 8.42 Å². The molecule has 3 aromatic rings. The average Bonchev–Trinajstić information content (AvgIpc) is 3.01. The number of anilines is 1. The quantitative estimate of drug-likeness (QED) is 0.277. The molecule has 12 heteroatoms. The van der Waals surface area contributed by atoms with E-state index in [1.807, 2.05) is 37.3 Å². The van der Waals surface area contributed by atoms with Crippen molar-refractivity contribution in [3.8, 4) is 11.5 Å². The third-order valence-corrected chi connectivity index (χ3v) is 9.45. The first-order chi connectivity index (χ1) is 20.6. The number of hydrogen-bond acceptors (Lipinski definition) is 6. The van der Waals surface area contributed by atoms with Crippen LogP contribution in [0.4, 0.5) is 5.69 Å². The Morgan fingerprint density at radius 2 is 1.60 bits per heavy atom. The molecule has 0 aromatic heterocycles. The lowest BCUT2D eigenvalue weighted by atomic mass is 10.0. The summed E-state index contributed by atoms with van der Waals surface area (Å²) in [5.41, 5.74) is 1.52. The first-order valence-corrected chi connectivity index (χ1v) is 16.4. The van der Waals surface area contributed by atoms with E-state index in [1.165, 1.54) is 11.8 Å². The fourth-order valence-corrected chi connectivity index (χ4v) is 6.25. The first-order valence-electron chi connectivity index (χ1n) is 14.1. The van der Waals surface area contributed by atoms with E-state index >= 15 is 0 Å². The van der Waals surface area contributed by atoms with Crippen LogP contribution in [0.5, 0.6) is 11.5 Å². The highest BCUT2D eigenvalue weighted by Gasteiger charge is 2.34. The van der Waals surface area contributed by atoms with Gasteiger partial charge in [0.1, 0.15) is 25.8 Å². The van der Waals surface area contributed by atoms with Gasteiger partial charge in [-0.2, -0.15) is 0 Å². The Kier molecular flexibility index (Phi) is 11.2. The van der Waals surface area contributed by atoms with Crippen molar-refractivity contribution in [3.05, 3.63) is 87.9 Å². The molecule has 1 heterocycles. The highest BCUT2D eigenvalue weighted by atomic mass is 35.5. The van der Waals surface area contributed by atoms with Crippen LogP contribution in [0.2, 0.25) is 10.0 Å². The number of fused-ring (bicyclic) bond motifs is 1. The molecule has 0 spiro atoms. The van der Waals surface area contributed by atoms with E-state index in [2.05, 4.69) is 5.32 Å². The van der Waals surface area contributed by atoms with Crippen molar-refractivity contribution in [3.63, 3.8) is 0 Å². The predicted molar refractivity (Wildman–Crippen MR) is 168 cm³/mol. The first kappa shape index (κ1) is 32.4. The van der Waals surface area contributed by atoms with Crippen molar-refractivity contribution in [2.24, 2.45) is 0 Å². The summed E-state index contributed by atoms with van der Waals surface area (Å²) in [6.45, 7) is 3.86. The fraction of sp³-hybridized carbons (Fsp3) is 0.355. The van der Waals surface area contributed by atoms with Crippen molar-refractivity contribution in [2.45, 2.75) is 39.3 Å². The molecule has 0 bridgehead atoms. The Balaban J connectivity index is 1.77. The van der Waals surface area contributed by atoms with Gasteiger partial charge in [0.25, 0.3) is 0 Å². The van der Waals surface area contributed by atoms with Gasteiger partial charge in [0.2, 0.25) is 21.8 Å². The predicted octanol–water partition coefficient (Wildman–Crippen LogP) is 5.09. The van der Waals surface area contributed by atoms with Crippen LogP contribution in [-0.4, -0.2) is 63.2 Å². The number of nitrogens with one attached hydrogen (secondary N) is 1. The summed E-state index contributed by atoms with van der Waals surface area (Å²) in [5, 5.41) is 3.55. The zero-order valence-electron chi connectivity index (χ0n) is 24.1. The summed E-state index contributed by atoms with van der Waals surface area (Å²) in [7, 11) is -3.94. The van der Waals surface area contributed by atoms with Gasteiger partial charge in [-0.3, -0.25) is 13.9 Å². The van der Waals surface area contributed by atoms with Crippen LogP contribution in [0.15, 0.2) is 66.7 Å². The largest absolute Gasteiger partial charge is 0.486 e. The summed E-state index contributed by atoms with van der Waals surface area (Å²) in [6.07, 6.45) is 0.884. The maximum absolute atomic E-state index is 14.3. The Bertz CT molecular complexity index is 1520. The molecule has 1 aliphatic heterocycles. The molecule has 0 fully saturated rings. The molecule has 1 atom stereocenters. The number of amides is 2. The number of carbonyl (C=O) groups excluding carboxylic acids is 2. The number of halogens is 2. The lowest BCUT2D eigenvalue weighted by Gasteiger charge is -2.34. The van der Waals surface area contributed by atoms with Gasteiger partial charge in [-0.15, -0.1) is 0 Å². The second-order valence-corrected chi connectivity index (χ2v) is 12.9. The van der Waals surface area contributed by atoms with E-state index in [0.717, 1.165) is 9.87 Å². The molecule has 1 aliphatic rings. The van der Waals surface area contributed by atoms with Crippen molar-refractivity contribution in [2.75, 3.05) is 36.4 Å². The molecule has 43 heavy (non-hydrogen) atoms. The molecule has 230 valence electrons. The van der Waals surface area contributed by atoms with Crippen LogP contribution in [0.3, 0.4) is 0 Å². The summed E-state index contributed by atoms with van der Waals surface area (Å²) in [6, 6.07) is 18.0. The van der Waals surface area contributed by atoms with Crippen molar-refractivity contribution < 1.29 is 27.5 Å². The van der Waals surface area contributed by atoms with Crippen LogP contribution in [0.25, 0.3) is 0 Å². The summed E-state index contributed by atoms with van der Waals surface area (Å²) >= 11 is 13.0. The van der Waals surface area contributed by atoms with Gasteiger partial charge in [0.05, 0.1) is 11.4 Å². The molecular formula is C31H35Cl2N3O6S. The highest BCUT2D eigenvalue weighted by molar-refractivity contribution is 7.92. The van der Waals surface area contributed by atoms with Crippen LogP contribution >= 0.6 is 23.2 Å². The number of carbonyl (C=O) groups is 2. The van der Waals surface area contributed by atoms with E-state index in [0.29, 0.717) is 53.3 Å². The standard InChI is InChI=1S/C31H35Cl2N3O6S/c1-3-15-34-31(38)27(18-22-9-6-5-7-10-22)35(20-24-25(32)11-8-12-26(24)33)30(37)21-36(43(39,40)4-2)23-13-14-28-29(19-23)42-17-16-41-28/h5-14,19,27H,3-4,15-18,20-21H2,1-2H3,(H,34,38)/t27-/m0/s1. The minimum atomic E-state index is -3.94. The number of rotatable bonds is 13. The molecule has 0 saturated carbocycles. The molecule has 9 nitrogen and oxygen atoms in total. The second kappa shape index (κ2) is 14.8. The van der Waals surface area contributed by atoms with Gasteiger partial charge in [-0.05, 0) is 43.2 Å². The van der Waals surface area contributed by atoms with Crippen molar-refractivity contribution >= 4 is 50.7 Å². The highest BCUT2D eigenvalue weighted by Crippen LogP contribution is 2.35. The minimum Gasteiger partial charge on any atom is -0.486 e. The lowest BCUT2D eigenvalue weighted by Crippen LogP contribution is -2.53. The molecular weight excluding hydrogens is 613 g/mol. The third kappa shape index (κ3) is 8.13. The van der Waals surface area contributed by atoms with Gasteiger partial charge in [-0.1, -0.05) is 66.5 Å². The summed E-state index contributed by atoms with van der Waals surface area (Å²) in [5.74, 6) is -0.356. The summed E-state index contributed by atoms with van der Waals surface area (Å²) in [4.78, 5) is 29.3. The molecule has 1 N–H and O–H groups in total. The maximum atomic E-state index is 14.3. The van der Waals surface area contributed by atoms with Gasteiger partial charge < -0.3 is 19.7 Å². The minimum absolute atomic E-state index is 0.116. The number of nitrogens with zero attached hydrogens (tertiary/aromatic N) is 2. The van der Waals surface area contributed by atoms with Crippen LogP contribution in [0.1, 0.15) is 31.4 Å². The van der Waals surface area contributed by atoms with Gasteiger partial charge in [0, 0.05) is 41.2 Å². The zero-order chi connectivity index (χ0) is 31.0. The SMILES string of the molecule is CCCNC(=O)[C@H](Cc1ccccc1)N(Cc1c(Cl)cccc1Cl)C(=O)CN(c1ccc2c(c1)OCCO2)S(=O)(=O)CC. The number of ether oxygens (including phenoxy) is 2. The van der Waals surface area contributed by atoms with Gasteiger partial charge in [0.15, 0.2) is 11.5 Å². The normalized spacial score (nSPS) is 13.2. The average molecular weight is 649 g/mol. The second-order valence-electron chi connectivity index (χ2n) is 9.95. The molecule has 4 rings (SSSR count). The number of hydrogen-bond donors (Lipinski definition) is 1. The molecule has 0 radical (unpaired) electrons. The molecule has 3 aromatic carbocycles. The smallest absolute Gasteiger partial charge is 0.244 e. The third-order valence-electron chi connectivity index (χ3n) is 7.00. The maximum Gasteiger partial charge on any atom is 0.244 e. The zero-order valence-corrected chi connectivity index (χ0v) is 26.4. The number of benzene rings is 3. The van der Waals surface area contributed by atoms with Crippen LogP contribution < -0.4 is 19.1 Å². The fourth-order valence-electron chi connectivity index (χ4n) is 4.68. The Labute approximate surface area is 262 Å². The van der Waals surface area contributed by atoms with Gasteiger partial charge >= 0.3 is 0 Å². The summed E-state index contributed by atoms with van der Waals surface area (Å²) < 4.78 is 39.1. The Hall–Kier alpha value is -3.47. The van der Waals surface area contributed by atoms with E-state index in [-0.39, 0.29) is 30.3 Å². The van der Waals surface area contributed by atoms with Crippen molar-refractivity contribution in [1.29, 1.82) is 0 Å². The Morgan fingerprint density at radius 1 is 0.930 bits per heavy atom. The van der Waals surface area contributed by atoms with E-state index < -0.39 is 28.5 Å². The molecule has 0 saturated heterocycles. The topological polar surface area (TPSA) is 105 Å². The van der Waals surface area contributed by atoms with E-state index in [1.54, 1.807) is 36.4 Å². The van der Waals surface area contributed by atoms with E-state index in [4.69, 9.17) is 32.7 Å². The molecule has 2 amide bonds. The van der Waals surface area contributed by atoms with Crippen LogP contribution in [-0.2, 0) is 32.6 Å². The van der Waals surface area contributed by atoms with Crippen LogP contribution in [0, 0.1) is 0 Å². The van der Waals surface area contributed by atoms with E-state index in [9.17, 15) is 18.0 Å². The monoisotopic (exact) mass is 647 g/mol. The lowest BCUT2D eigenvalue weighted by molar-refractivity contribution is -0.140.